The van der Waals surface area contributed by atoms with Gasteiger partial charge in [-0.2, -0.15) is 0 Å². The van der Waals surface area contributed by atoms with Crippen LogP contribution in [0.5, 0.6) is 0 Å². The van der Waals surface area contributed by atoms with E-state index in [9.17, 15) is 4.39 Å². The number of halogens is 2. The van der Waals surface area contributed by atoms with Gasteiger partial charge in [0, 0.05) is 25.3 Å². The van der Waals surface area contributed by atoms with Crippen LogP contribution in [0.25, 0.3) is 0 Å². The Morgan fingerprint density at radius 3 is 3.00 bits per heavy atom. The van der Waals surface area contributed by atoms with Crippen molar-refractivity contribution < 1.29 is 4.39 Å². The summed E-state index contributed by atoms with van der Waals surface area (Å²) in [4.78, 5) is 6.18. The summed E-state index contributed by atoms with van der Waals surface area (Å²) >= 11 is 5.76. The van der Waals surface area contributed by atoms with E-state index in [0.717, 1.165) is 32.5 Å². The number of piperidine rings is 1. The molecule has 106 valence electrons. The molecule has 1 aliphatic rings. The SMILES string of the molecule is CCCN(CC1CCCCN1)c1ncc(Cl)cc1F. The van der Waals surface area contributed by atoms with Crippen molar-refractivity contribution in [3.8, 4) is 0 Å². The molecule has 2 heterocycles. The van der Waals surface area contributed by atoms with Gasteiger partial charge in [0.15, 0.2) is 11.6 Å². The second-order valence-electron chi connectivity index (χ2n) is 5.05. The minimum atomic E-state index is -0.336. The predicted octanol–water partition coefficient (Wildman–Crippen LogP) is 3.23. The maximum absolute atomic E-state index is 14.0. The molecule has 1 N–H and O–H groups in total. The van der Waals surface area contributed by atoms with Crippen molar-refractivity contribution in [1.29, 1.82) is 0 Å². The summed E-state index contributed by atoms with van der Waals surface area (Å²) in [6, 6.07) is 1.76. The zero-order valence-corrected chi connectivity index (χ0v) is 12.1. The lowest BCUT2D eigenvalue weighted by molar-refractivity contribution is 0.397. The van der Waals surface area contributed by atoms with Gasteiger partial charge in [0.2, 0.25) is 0 Å². The Bertz CT molecular complexity index is 408. The van der Waals surface area contributed by atoms with Crippen LogP contribution in [0.4, 0.5) is 10.2 Å². The van der Waals surface area contributed by atoms with Gasteiger partial charge in [-0.05, 0) is 31.9 Å². The average Bonchev–Trinajstić information content (AvgIpc) is 2.39. The van der Waals surface area contributed by atoms with E-state index in [1.54, 1.807) is 0 Å². The highest BCUT2D eigenvalue weighted by Gasteiger charge is 2.19. The Labute approximate surface area is 119 Å². The molecule has 0 amide bonds. The van der Waals surface area contributed by atoms with E-state index in [2.05, 4.69) is 17.2 Å². The first kappa shape index (κ1) is 14.5. The predicted molar refractivity (Wildman–Crippen MR) is 77.4 cm³/mol. The third-order valence-electron chi connectivity index (χ3n) is 3.43. The minimum absolute atomic E-state index is 0.336. The maximum atomic E-state index is 14.0. The largest absolute Gasteiger partial charge is 0.353 e. The number of aromatic nitrogens is 1. The fourth-order valence-electron chi connectivity index (χ4n) is 2.54. The van der Waals surface area contributed by atoms with Crippen LogP contribution in [-0.2, 0) is 0 Å². The number of hydrogen-bond donors (Lipinski definition) is 1. The maximum Gasteiger partial charge on any atom is 0.167 e. The third kappa shape index (κ3) is 4.05. The molecule has 0 aromatic carbocycles. The lowest BCUT2D eigenvalue weighted by Gasteiger charge is -2.31. The smallest absolute Gasteiger partial charge is 0.167 e. The van der Waals surface area contributed by atoms with Crippen LogP contribution >= 0.6 is 11.6 Å². The van der Waals surface area contributed by atoms with Gasteiger partial charge >= 0.3 is 0 Å². The number of pyridine rings is 1. The molecule has 5 heteroatoms. The van der Waals surface area contributed by atoms with Gasteiger partial charge in [-0.1, -0.05) is 24.9 Å². The monoisotopic (exact) mass is 285 g/mol. The van der Waals surface area contributed by atoms with Crippen molar-refractivity contribution in [2.45, 2.75) is 38.6 Å². The Morgan fingerprint density at radius 2 is 2.37 bits per heavy atom. The third-order valence-corrected chi connectivity index (χ3v) is 3.64. The first-order valence-corrected chi connectivity index (χ1v) is 7.38. The van der Waals surface area contributed by atoms with Crippen LogP contribution in [0.1, 0.15) is 32.6 Å². The highest BCUT2D eigenvalue weighted by atomic mass is 35.5. The van der Waals surface area contributed by atoms with Crippen LogP contribution in [0.3, 0.4) is 0 Å². The molecule has 1 aromatic rings. The molecular formula is C14H21ClFN3. The van der Waals surface area contributed by atoms with Crippen LogP contribution in [0.15, 0.2) is 12.3 Å². The standard InChI is InChI=1S/C14H21ClFN3/c1-2-7-19(10-12-5-3-4-6-17-12)14-13(16)8-11(15)9-18-14/h8-9,12,17H,2-7,10H2,1H3. The van der Waals surface area contributed by atoms with Crippen molar-refractivity contribution in [1.82, 2.24) is 10.3 Å². The Kier molecular flexibility index (Phi) is 5.40. The second-order valence-corrected chi connectivity index (χ2v) is 5.49. The van der Waals surface area contributed by atoms with Gasteiger partial charge in [0.1, 0.15) is 0 Å². The van der Waals surface area contributed by atoms with E-state index in [4.69, 9.17) is 11.6 Å². The Hall–Kier alpha value is -0.870. The van der Waals surface area contributed by atoms with Crippen LogP contribution < -0.4 is 10.2 Å². The van der Waals surface area contributed by atoms with Gasteiger partial charge in [0.25, 0.3) is 0 Å². The summed E-state index contributed by atoms with van der Waals surface area (Å²) in [5.74, 6) is 0.0791. The summed E-state index contributed by atoms with van der Waals surface area (Å²) in [6.07, 6.45) is 6.11. The minimum Gasteiger partial charge on any atom is -0.353 e. The van der Waals surface area contributed by atoms with Crippen LogP contribution in [0, 0.1) is 5.82 Å². The van der Waals surface area contributed by atoms with Crippen molar-refractivity contribution in [2.75, 3.05) is 24.5 Å². The molecule has 2 rings (SSSR count). The molecule has 0 radical (unpaired) electrons. The molecule has 3 nitrogen and oxygen atoms in total. The molecule has 1 aromatic heterocycles. The van der Waals surface area contributed by atoms with Gasteiger partial charge in [-0.3, -0.25) is 0 Å². The number of anilines is 1. The van der Waals surface area contributed by atoms with E-state index in [1.807, 2.05) is 4.90 Å². The van der Waals surface area contributed by atoms with E-state index in [1.165, 1.54) is 25.1 Å². The molecule has 1 atom stereocenters. The lowest BCUT2D eigenvalue weighted by atomic mass is 10.0. The van der Waals surface area contributed by atoms with Gasteiger partial charge in [0.05, 0.1) is 5.02 Å². The summed E-state index contributed by atoms with van der Waals surface area (Å²) in [6.45, 7) is 4.76. The van der Waals surface area contributed by atoms with E-state index < -0.39 is 0 Å². The number of hydrogen-bond acceptors (Lipinski definition) is 3. The molecule has 1 aliphatic heterocycles. The highest BCUT2D eigenvalue weighted by molar-refractivity contribution is 6.30. The van der Waals surface area contributed by atoms with E-state index in [-0.39, 0.29) is 5.82 Å². The van der Waals surface area contributed by atoms with Crippen LogP contribution in [0.2, 0.25) is 5.02 Å². The molecule has 19 heavy (non-hydrogen) atoms. The van der Waals surface area contributed by atoms with Crippen molar-refractivity contribution in [3.05, 3.63) is 23.1 Å². The zero-order valence-electron chi connectivity index (χ0n) is 11.3. The molecule has 0 spiro atoms. The molecular weight excluding hydrogens is 265 g/mol. The Morgan fingerprint density at radius 1 is 1.53 bits per heavy atom. The molecule has 0 aliphatic carbocycles. The topological polar surface area (TPSA) is 28.2 Å². The number of nitrogens with zero attached hydrogens (tertiary/aromatic N) is 2. The normalized spacial score (nSPS) is 19.4. The zero-order chi connectivity index (χ0) is 13.7. The fraction of sp³-hybridized carbons (Fsp3) is 0.643. The number of nitrogens with one attached hydrogen (secondary N) is 1. The van der Waals surface area contributed by atoms with Gasteiger partial charge in [-0.15, -0.1) is 0 Å². The van der Waals surface area contributed by atoms with Crippen molar-refractivity contribution in [2.24, 2.45) is 0 Å². The van der Waals surface area contributed by atoms with E-state index in [0.29, 0.717) is 16.9 Å². The van der Waals surface area contributed by atoms with Crippen molar-refractivity contribution in [3.63, 3.8) is 0 Å². The average molecular weight is 286 g/mol. The van der Waals surface area contributed by atoms with Gasteiger partial charge in [-0.25, -0.2) is 9.37 Å². The molecule has 0 saturated carbocycles. The first-order valence-electron chi connectivity index (χ1n) is 7.00. The quantitative estimate of drug-likeness (QED) is 0.900. The fourth-order valence-corrected chi connectivity index (χ4v) is 2.68. The highest BCUT2D eigenvalue weighted by Crippen LogP contribution is 2.21. The summed E-state index contributed by atoms with van der Waals surface area (Å²) in [5.41, 5.74) is 0. The Balaban J connectivity index is 2.09. The number of rotatable bonds is 5. The van der Waals surface area contributed by atoms with Crippen molar-refractivity contribution >= 4 is 17.4 Å². The summed E-state index contributed by atoms with van der Waals surface area (Å²) < 4.78 is 14.0. The lowest BCUT2D eigenvalue weighted by Crippen LogP contribution is -2.44. The van der Waals surface area contributed by atoms with Gasteiger partial charge < -0.3 is 10.2 Å². The summed E-state index contributed by atoms with van der Waals surface area (Å²) in [5, 5.41) is 3.83. The second kappa shape index (κ2) is 7.06. The molecule has 0 bridgehead atoms. The summed E-state index contributed by atoms with van der Waals surface area (Å²) in [7, 11) is 0. The van der Waals surface area contributed by atoms with E-state index >= 15 is 0 Å². The molecule has 1 saturated heterocycles. The first-order chi connectivity index (χ1) is 9.20. The van der Waals surface area contributed by atoms with Crippen LogP contribution in [-0.4, -0.2) is 30.7 Å². The molecule has 1 fully saturated rings. The molecule has 1 unspecified atom stereocenters.